The Labute approximate surface area is 137 Å². The van der Waals surface area contributed by atoms with E-state index in [1.807, 2.05) is 6.92 Å². The molecule has 120 valence electrons. The number of rotatable bonds is 8. The molecule has 4 heteroatoms. The first kappa shape index (κ1) is 17.4. The molecule has 0 saturated heterocycles. The Morgan fingerprint density at radius 3 is 1.61 bits per heavy atom. The highest BCUT2D eigenvalue weighted by Crippen LogP contribution is 2.52. The number of benzene rings is 2. The van der Waals surface area contributed by atoms with Crippen molar-refractivity contribution in [3.63, 3.8) is 0 Å². The summed E-state index contributed by atoms with van der Waals surface area (Å²) >= 11 is 0. The van der Waals surface area contributed by atoms with E-state index in [4.69, 9.17) is 0 Å². The van der Waals surface area contributed by atoms with Crippen molar-refractivity contribution in [2.45, 2.75) is 26.2 Å². The van der Waals surface area contributed by atoms with Crippen molar-refractivity contribution in [3.05, 3.63) is 71.8 Å². The first-order valence-electron chi connectivity index (χ1n) is 7.88. The van der Waals surface area contributed by atoms with Crippen LogP contribution in [0.25, 0.3) is 0 Å². The number of carbonyl (C=O) groups excluding carboxylic acids is 2. The molecule has 0 heterocycles. The first-order valence-corrected chi connectivity index (χ1v) is 9.77. The second-order valence-electron chi connectivity index (χ2n) is 5.51. The van der Waals surface area contributed by atoms with Gasteiger partial charge in [0.05, 0.1) is 0 Å². The Morgan fingerprint density at radius 1 is 0.783 bits per heavy atom. The van der Waals surface area contributed by atoms with Crippen LogP contribution in [0.3, 0.4) is 0 Å². The van der Waals surface area contributed by atoms with Crippen molar-refractivity contribution < 1.29 is 14.2 Å². The van der Waals surface area contributed by atoms with Gasteiger partial charge in [0.1, 0.15) is 0 Å². The molecule has 0 saturated carbocycles. The van der Waals surface area contributed by atoms with Crippen molar-refractivity contribution in [1.29, 1.82) is 0 Å². The molecular weight excluding hydrogens is 307 g/mol. The van der Waals surface area contributed by atoms with E-state index in [9.17, 15) is 14.2 Å². The van der Waals surface area contributed by atoms with Crippen molar-refractivity contribution in [3.8, 4) is 0 Å². The molecule has 0 radical (unpaired) electrons. The molecule has 2 aromatic carbocycles. The summed E-state index contributed by atoms with van der Waals surface area (Å²) in [6.07, 6.45) is 2.56. The van der Waals surface area contributed by atoms with Crippen LogP contribution >= 0.6 is 7.14 Å². The topological polar surface area (TPSA) is 51.2 Å². The molecule has 0 aromatic heterocycles. The molecule has 23 heavy (non-hydrogen) atoms. The van der Waals surface area contributed by atoms with Crippen molar-refractivity contribution in [1.82, 2.24) is 0 Å². The largest absolute Gasteiger partial charge is 0.307 e. The minimum atomic E-state index is -3.65. The molecule has 0 N–H and O–H groups in total. The van der Waals surface area contributed by atoms with Crippen LogP contribution in [0.15, 0.2) is 60.7 Å². The highest BCUT2D eigenvalue weighted by atomic mass is 31.2. The zero-order valence-corrected chi connectivity index (χ0v) is 14.2. The van der Waals surface area contributed by atoms with E-state index in [0.717, 1.165) is 12.8 Å². The molecule has 0 bridgehead atoms. The second kappa shape index (κ2) is 8.03. The van der Waals surface area contributed by atoms with Crippen molar-refractivity contribution in [2.24, 2.45) is 0 Å². The summed E-state index contributed by atoms with van der Waals surface area (Å²) in [6.45, 7) is 2.03. The van der Waals surface area contributed by atoms with Crippen molar-refractivity contribution in [2.75, 3.05) is 6.16 Å². The molecule has 0 fully saturated rings. The fourth-order valence-corrected chi connectivity index (χ4v) is 4.85. The lowest BCUT2D eigenvalue weighted by atomic mass is 10.2. The van der Waals surface area contributed by atoms with E-state index >= 15 is 0 Å². The fraction of sp³-hybridized carbons (Fsp3) is 0.263. The average molecular weight is 328 g/mol. The van der Waals surface area contributed by atoms with Crippen LogP contribution in [0.1, 0.15) is 46.9 Å². The second-order valence-corrected chi connectivity index (χ2v) is 8.25. The summed E-state index contributed by atoms with van der Waals surface area (Å²) in [6, 6.07) is 16.9. The Hall–Kier alpha value is -1.99. The Morgan fingerprint density at radius 2 is 1.22 bits per heavy atom. The lowest BCUT2D eigenvalue weighted by molar-refractivity contribution is 0.103. The van der Waals surface area contributed by atoms with Crippen LogP contribution in [0.4, 0.5) is 0 Å². The van der Waals surface area contributed by atoms with E-state index in [1.165, 1.54) is 0 Å². The van der Waals surface area contributed by atoms with Gasteiger partial charge in [0.25, 0.3) is 0 Å². The normalized spacial score (nSPS) is 11.2. The highest BCUT2D eigenvalue weighted by Gasteiger charge is 2.39. The maximum absolute atomic E-state index is 13.4. The van der Waals surface area contributed by atoms with Gasteiger partial charge >= 0.3 is 0 Å². The molecule has 0 unspecified atom stereocenters. The Balaban J connectivity index is 2.38. The van der Waals surface area contributed by atoms with E-state index in [0.29, 0.717) is 17.5 Å². The maximum Gasteiger partial charge on any atom is 0.228 e. The Bertz CT molecular complexity index is 652. The number of carbonyl (C=O) groups is 2. The lowest BCUT2D eigenvalue weighted by Gasteiger charge is -2.16. The number of hydrogen-bond acceptors (Lipinski definition) is 3. The van der Waals surface area contributed by atoms with Gasteiger partial charge in [-0.15, -0.1) is 0 Å². The molecule has 0 amide bonds. The van der Waals surface area contributed by atoms with Crippen LogP contribution in [0.2, 0.25) is 0 Å². The summed E-state index contributed by atoms with van der Waals surface area (Å²) in [5, 5.41) is 0. The van der Waals surface area contributed by atoms with Crippen LogP contribution in [0, 0.1) is 0 Å². The monoisotopic (exact) mass is 328 g/mol. The van der Waals surface area contributed by atoms with Crippen LogP contribution in [0.5, 0.6) is 0 Å². The van der Waals surface area contributed by atoms with Gasteiger partial charge in [0, 0.05) is 17.3 Å². The molecule has 2 aromatic rings. The fourth-order valence-electron chi connectivity index (χ4n) is 2.46. The molecule has 0 aliphatic rings. The summed E-state index contributed by atoms with van der Waals surface area (Å²) in [7, 11) is -3.65. The number of hydrogen-bond donors (Lipinski definition) is 0. The molecule has 2 rings (SSSR count). The summed E-state index contributed by atoms with van der Waals surface area (Å²) in [5.41, 5.74) is -0.362. The molecular formula is C19H21O3P. The summed E-state index contributed by atoms with van der Waals surface area (Å²) < 4.78 is 13.4. The SMILES string of the molecule is CCCCCP(=O)(C(=O)c1ccccc1)C(=O)c1ccccc1. The zero-order chi connectivity index (χ0) is 16.7. The van der Waals surface area contributed by atoms with Gasteiger partial charge in [0.15, 0.2) is 0 Å². The molecule has 0 atom stereocenters. The third-order valence-corrected chi connectivity index (χ3v) is 6.55. The molecule has 0 aliphatic carbocycles. The predicted octanol–water partition coefficient (Wildman–Crippen LogP) is 5.22. The molecule has 3 nitrogen and oxygen atoms in total. The van der Waals surface area contributed by atoms with Gasteiger partial charge in [-0.25, -0.2) is 0 Å². The van der Waals surface area contributed by atoms with E-state index in [-0.39, 0.29) is 6.16 Å². The smallest absolute Gasteiger partial charge is 0.228 e. The highest BCUT2D eigenvalue weighted by molar-refractivity contribution is 7.95. The van der Waals surface area contributed by atoms with Gasteiger partial charge in [-0.1, -0.05) is 80.4 Å². The number of unbranched alkanes of at least 4 members (excludes halogenated alkanes) is 2. The quantitative estimate of drug-likeness (QED) is 0.493. The van der Waals surface area contributed by atoms with E-state index in [2.05, 4.69) is 0 Å². The standard InChI is InChI=1S/C19H21O3P/c1-2-3-10-15-23(22,18(20)16-11-6-4-7-12-16)19(21)17-13-8-5-9-14-17/h4-9,11-14H,2-3,10,15H2,1H3. The summed E-state index contributed by atoms with van der Waals surface area (Å²) in [5.74, 6) is 0. The third-order valence-electron chi connectivity index (χ3n) is 3.77. The van der Waals surface area contributed by atoms with Crippen molar-refractivity contribution >= 4 is 18.2 Å². The molecule has 0 spiro atoms. The average Bonchev–Trinajstić information content (AvgIpc) is 2.62. The lowest BCUT2D eigenvalue weighted by Crippen LogP contribution is -2.13. The molecule has 0 aliphatic heterocycles. The Kier molecular flexibility index (Phi) is 6.06. The van der Waals surface area contributed by atoms with Crippen LogP contribution in [-0.4, -0.2) is 17.2 Å². The predicted molar refractivity (Wildman–Crippen MR) is 93.5 cm³/mol. The van der Waals surface area contributed by atoms with Gasteiger partial charge in [-0.2, -0.15) is 0 Å². The minimum absolute atomic E-state index is 0.141. The van der Waals surface area contributed by atoms with Gasteiger partial charge < -0.3 is 4.57 Å². The van der Waals surface area contributed by atoms with Gasteiger partial charge in [-0.3, -0.25) is 9.59 Å². The van der Waals surface area contributed by atoms with Crippen LogP contribution < -0.4 is 0 Å². The summed E-state index contributed by atoms with van der Waals surface area (Å²) in [4.78, 5) is 25.6. The third kappa shape index (κ3) is 4.05. The zero-order valence-electron chi connectivity index (χ0n) is 13.3. The van der Waals surface area contributed by atoms with E-state index < -0.39 is 18.2 Å². The van der Waals surface area contributed by atoms with Gasteiger partial charge in [-0.05, 0) is 6.42 Å². The first-order chi connectivity index (χ1) is 11.1. The van der Waals surface area contributed by atoms with Gasteiger partial charge in [0.2, 0.25) is 18.2 Å². The van der Waals surface area contributed by atoms with Crippen LogP contribution in [-0.2, 0) is 4.57 Å². The van der Waals surface area contributed by atoms with E-state index in [1.54, 1.807) is 60.7 Å². The maximum atomic E-state index is 13.4. The minimum Gasteiger partial charge on any atom is -0.307 e.